The molecule has 0 radical (unpaired) electrons. The zero-order valence-electron chi connectivity index (χ0n) is 16.9. The SMILES string of the molecule is COC1(C2(NC(=O)c3ccccc3)CN(C(=O)CCC3CCCCC3)C2)CC1. The lowest BCUT2D eigenvalue weighted by Gasteiger charge is -2.54. The van der Waals surface area contributed by atoms with Crippen molar-refractivity contribution in [3.05, 3.63) is 35.9 Å². The lowest BCUT2D eigenvalue weighted by molar-refractivity contribution is -0.148. The first-order valence-corrected chi connectivity index (χ1v) is 10.8. The van der Waals surface area contributed by atoms with E-state index in [1.54, 1.807) is 7.11 Å². The van der Waals surface area contributed by atoms with Crippen LogP contribution in [0.1, 0.15) is 68.1 Å². The molecule has 1 N–H and O–H groups in total. The van der Waals surface area contributed by atoms with Gasteiger partial charge in [-0.25, -0.2) is 0 Å². The van der Waals surface area contributed by atoms with E-state index in [4.69, 9.17) is 4.74 Å². The maximum absolute atomic E-state index is 12.8. The fraction of sp³-hybridized carbons (Fsp3) is 0.652. The Hall–Kier alpha value is -1.88. The van der Waals surface area contributed by atoms with Crippen LogP contribution < -0.4 is 5.32 Å². The van der Waals surface area contributed by atoms with Crippen molar-refractivity contribution in [2.24, 2.45) is 5.92 Å². The predicted octanol–water partition coefficient (Wildman–Crippen LogP) is 3.54. The molecular formula is C23H32N2O3. The number of benzene rings is 1. The number of methoxy groups -OCH3 is 1. The summed E-state index contributed by atoms with van der Waals surface area (Å²) in [6, 6.07) is 9.28. The van der Waals surface area contributed by atoms with Crippen LogP contribution in [0, 0.1) is 5.92 Å². The number of carbonyl (C=O) groups excluding carboxylic acids is 2. The van der Waals surface area contributed by atoms with E-state index in [-0.39, 0.29) is 17.4 Å². The molecule has 2 saturated carbocycles. The third kappa shape index (κ3) is 3.69. The topological polar surface area (TPSA) is 58.6 Å². The molecule has 5 heteroatoms. The van der Waals surface area contributed by atoms with Crippen molar-refractivity contribution in [2.45, 2.75) is 68.9 Å². The minimum atomic E-state index is -0.463. The van der Waals surface area contributed by atoms with Gasteiger partial charge < -0.3 is 15.0 Å². The van der Waals surface area contributed by atoms with Crippen molar-refractivity contribution in [2.75, 3.05) is 20.2 Å². The third-order valence-electron chi connectivity index (χ3n) is 7.12. The second kappa shape index (κ2) is 7.86. The number of hydrogen-bond acceptors (Lipinski definition) is 3. The average molecular weight is 385 g/mol. The lowest BCUT2D eigenvalue weighted by Crippen LogP contribution is -2.77. The third-order valence-corrected chi connectivity index (χ3v) is 7.12. The summed E-state index contributed by atoms with van der Waals surface area (Å²) in [6.07, 6.45) is 10.0. The van der Waals surface area contributed by atoms with Crippen molar-refractivity contribution < 1.29 is 14.3 Å². The van der Waals surface area contributed by atoms with Gasteiger partial charge in [-0.1, -0.05) is 50.3 Å². The summed E-state index contributed by atoms with van der Waals surface area (Å²) in [7, 11) is 1.72. The van der Waals surface area contributed by atoms with E-state index >= 15 is 0 Å². The summed E-state index contributed by atoms with van der Waals surface area (Å²) in [5, 5.41) is 3.23. The molecule has 2 amide bonds. The molecule has 4 rings (SSSR count). The molecule has 152 valence electrons. The highest BCUT2D eigenvalue weighted by molar-refractivity contribution is 5.95. The lowest BCUT2D eigenvalue weighted by atomic mass is 9.80. The highest BCUT2D eigenvalue weighted by atomic mass is 16.5. The molecule has 1 aliphatic heterocycles. The van der Waals surface area contributed by atoms with Gasteiger partial charge in [0.2, 0.25) is 5.91 Å². The first-order valence-electron chi connectivity index (χ1n) is 10.8. The van der Waals surface area contributed by atoms with Crippen LogP contribution in [0.15, 0.2) is 30.3 Å². The summed E-state index contributed by atoms with van der Waals surface area (Å²) in [5.74, 6) is 0.857. The van der Waals surface area contributed by atoms with Crippen molar-refractivity contribution in [3.63, 3.8) is 0 Å². The molecule has 1 saturated heterocycles. The fourth-order valence-electron chi connectivity index (χ4n) is 5.09. The number of nitrogens with zero attached hydrogens (tertiary/aromatic N) is 1. The van der Waals surface area contributed by atoms with Gasteiger partial charge >= 0.3 is 0 Å². The van der Waals surface area contributed by atoms with Gasteiger partial charge in [0.15, 0.2) is 0 Å². The molecule has 1 aromatic carbocycles. The first kappa shape index (κ1) is 19.4. The number of ether oxygens (including phenoxy) is 1. The van der Waals surface area contributed by atoms with Gasteiger partial charge in [0.1, 0.15) is 5.54 Å². The van der Waals surface area contributed by atoms with Crippen molar-refractivity contribution in [3.8, 4) is 0 Å². The van der Waals surface area contributed by atoms with Crippen LogP contribution in [0.5, 0.6) is 0 Å². The number of amides is 2. The molecule has 5 nitrogen and oxygen atoms in total. The van der Waals surface area contributed by atoms with Gasteiger partial charge in [0.05, 0.1) is 5.60 Å². The second-order valence-electron chi connectivity index (χ2n) is 8.89. The van der Waals surface area contributed by atoms with E-state index in [0.717, 1.165) is 25.2 Å². The van der Waals surface area contributed by atoms with E-state index in [1.807, 2.05) is 35.2 Å². The zero-order chi connectivity index (χ0) is 19.6. The molecular weight excluding hydrogens is 352 g/mol. The van der Waals surface area contributed by atoms with Crippen LogP contribution in [0.3, 0.4) is 0 Å². The zero-order valence-corrected chi connectivity index (χ0v) is 16.9. The Kier molecular flexibility index (Phi) is 5.46. The Morgan fingerprint density at radius 3 is 2.39 bits per heavy atom. The van der Waals surface area contributed by atoms with Crippen molar-refractivity contribution >= 4 is 11.8 Å². The molecule has 1 aromatic rings. The van der Waals surface area contributed by atoms with Crippen LogP contribution in [-0.4, -0.2) is 48.1 Å². The molecule has 0 aromatic heterocycles. The minimum absolute atomic E-state index is 0.0850. The van der Waals surface area contributed by atoms with Gasteiger partial charge in [-0.05, 0) is 37.3 Å². The second-order valence-corrected chi connectivity index (χ2v) is 8.89. The van der Waals surface area contributed by atoms with Gasteiger partial charge in [0, 0.05) is 32.2 Å². The highest BCUT2D eigenvalue weighted by Crippen LogP contribution is 2.51. The molecule has 0 spiro atoms. The van der Waals surface area contributed by atoms with Gasteiger partial charge in [-0.2, -0.15) is 0 Å². The minimum Gasteiger partial charge on any atom is -0.376 e. The van der Waals surface area contributed by atoms with Gasteiger partial charge in [-0.15, -0.1) is 0 Å². The number of hydrogen-bond donors (Lipinski definition) is 1. The molecule has 2 aliphatic carbocycles. The summed E-state index contributed by atoms with van der Waals surface area (Å²) < 4.78 is 5.82. The smallest absolute Gasteiger partial charge is 0.251 e. The van der Waals surface area contributed by atoms with Gasteiger partial charge in [0.25, 0.3) is 5.91 Å². The quantitative estimate of drug-likeness (QED) is 0.782. The number of likely N-dealkylation sites (tertiary alicyclic amines) is 1. The molecule has 3 aliphatic rings. The van der Waals surface area contributed by atoms with E-state index in [9.17, 15) is 9.59 Å². The Balaban J connectivity index is 1.36. The van der Waals surface area contributed by atoms with Crippen LogP contribution in [0.25, 0.3) is 0 Å². The summed E-state index contributed by atoms with van der Waals surface area (Å²) in [6.45, 7) is 1.12. The number of rotatable bonds is 7. The number of nitrogens with one attached hydrogen (secondary N) is 1. The Morgan fingerprint density at radius 2 is 1.79 bits per heavy atom. The summed E-state index contributed by atoms with van der Waals surface area (Å²) in [5.41, 5.74) is -0.136. The molecule has 3 fully saturated rings. The van der Waals surface area contributed by atoms with E-state index in [0.29, 0.717) is 25.1 Å². The molecule has 28 heavy (non-hydrogen) atoms. The van der Waals surface area contributed by atoms with Crippen LogP contribution >= 0.6 is 0 Å². The fourth-order valence-corrected chi connectivity index (χ4v) is 5.09. The number of carbonyl (C=O) groups is 2. The predicted molar refractivity (Wildman–Crippen MR) is 108 cm³/mol. The normalized spacial score (nSPS) is 23.0. The van der Waals surface area contributed by atoms with Crippen molar-refractivity contribution in [1.29, 1.82) is 0 Å². The van der Waals surface area contributed by atoms with Crippen LogP contribution in [0.2, 0.25) is 0 Å². The monoisotopic (exact) mass is 384 g/mol. The van der Waals surface area contributed by atoms with Crippen LogP contribution in [-0.2, 0) is 9.53 Å². The van der Waals surface area contributed by atoms with E-state index in [2.05, 4.69) is 5.32 Å². The highest BCUT2D eigenvalue weighted by Gasteiger charge is 2.66. The molecule has 0 bridgehead atoms. The Bertz CT molecular complexity index is 702. The maximum atomic E-state index is 12.8. The largest absolute Gasteiger partial charge is 0.376 e. The average Bonchev–Trinajstić information content (AvgIpc) is 3.51. The summed E-state index contributed by atoms with van der Waals surface area (Å²) in [4.78, 5) is 27.4. The molecule has 1 heterocycles. The summed E-state index contributed by atoms with van der Waals surface area (Å²) >= 11 is 0. The van der Waals surface area contributed by atoms with Gasteiger partial charge in [-0.3, -0.25) is 9.59 Å². The standard InChI is InChI=1S/C23H32N2O3/c1-28-23(14-15-23)22(24-21(27)19-10-6-3-7-11-19)16-25(17-22)20(26)13-12-18-8-4-2-5-9-18/h3,6-7,10-11,18H,2,4-5,8-9,12-17H2,1H3,(H,24,27). The molecule has 0 unspecified atom stereocenters. The Morgan fingerprint density at radius 1 is 1.11 bits per heavy atom. The van der Waals surface area contributed by atoms with Crippen LogP contribution in [0.4, 0.5) is 0 Å². The molecule has 0 atom stereocenters. The first-order chi connectivity index (χ1) is 13.6. The van der Waals surface area contributed by atoms with Crippen molar-refractivity contribution in [1.82, 2.24) is 10.2 Å². The maximum Gasteiger partial charge on any atom is 0.251 e. The Labute approximate surface area is 167 Å². The van der Waals surface area contributed by atoms with E-state index in [1.165, 1.54) is 32.1 Å². The van der Waals surface area contributed by atoms with E-state index < -0.39 is 5.54 Å².